The maximum absolute atomic E-state index is 11.5. The number of rotatable bonds is 1. The van der Waals surface area contributed by atoms with Crippen LogP contribution in [0.2, 0.25) is 0 Å². The van der Waals surface area contributed by atoms with Gasteiger partial charge in [-0.3, -0.25) is 0 Å². The van der Waals surface area contributed by atoms with Gasteiger partial charge in [0.15, 0.2) is 6.29 Å². The summed E-state index contributed by atoms with van der Waals surface area (Å²) >= 11 is 0. The highest BCUT2D eigenvalue weighted by molar-refractivity contribution is 5.56. The topological polar surface area (TPSA) is 46.5 Å². The number of ether oxygens (including phenoxy) is 1. The maximum Gasteiger partial charge on any atom is 0.158 e. The third kappa shape index (κ3) is 1.25. The summed E-state index contributed by atoms with van der Waals surface area (Å²) in [5, 5.41) is 10.2. The molecular weight excluding hydrogens is 240 g/mol. The molecule has 1 aliphatic heterocycles. The van der Waals surface area contributed by atoms with Gasteiger partial charge in [0.1, 0.15) is 6.29 Å². The lowest BCUT2D eigenvalue weighted by atomic mass is 9.67. The van der Waals surface area contributed by atoms with Gasteiger partial charge in [0.05, 0.1) is 6.10 Å². The number of hydrogen-bond donors (Lipinski definition) is 1. The van der Waals surface area contributed by atoms with Gasteiger partial charge in [-0.1, -0.05) is 20.8 Å². The summed E-state index contributed by atoms with van der Waals surface area (Å²) in [6, 6.07) is 0. The standard InChI is InChI=1S/C16H24O3/c1-15(2)4-5-16(3)12(15)10-8(7-17)6-9-11(10)13(16)19-14(9)18/h7-14,18H,4-6H2,1-3H3/t8-,9-,10+,11-,12+,13-,14?,16-/m1/s1. The molecule has 4 rings (SSSR count). The second-order valence-corrected chi connectivity index (χ2v) is 8.27. The molecule has 0 radical (unpaired) electrons. The third-order valence-corrected chi connectivity index (χ3v) is 7.05. The summed E-state index contributed by atoms with van der Waals surface area (Å²) in [5.41, 5.74) is 0.463. The summed E-state index contributed by atoms with van der Waals surface area (Å²) in [6.45, 7) is 7.05. The van der Waals surface area contributed by atoms with Gasteiger partial charge in [-0.05, 0) is 47.8 Å². The zero-order valence-corrected chi connectivity index (χ0v) is 12.0. The predicted molar refractivity (Wildman–Crippen MR) is 70.1 cm³/mol. The van der Waals surface area contributed by atoms with Crippen LogP contribution in [0.25, 0.3) is 0 Å². The van der Waals surface area contributed by atoms with Crippen molar-refractivity contribution in [1.29, 1.82) is 0 Å². The minimum Gasteiger partial charge on any atom is -0.368 e. The van der Waals surface area contributed by atoms with Crippen molar-refractivity contribution in [3.05, 3.63) is 0 Å². The molecule has 3 saturated carbocycles. The Morgan fingerprint density at radius 2 is 1.95 bits per heavy atom. The SMILES string of the molecule is CC1(C)CC[C@@]2(C)[C@@H]3OC(O)[C@@H]4C[C@H](C=O)[C@@H]([C@H]34)[C@@H]12. The van der Waals surface area contributed by atoms with Gasteiger partial charge in [-0.2, -0.15) is 0 Å². The molecule has 1 saturated heterocycles. The largest absolute Gasteiger partial charge is 0.368 e. The number of hydrogen-bond acceptors (Lipinski definition) is 3. The van der Waals surface area contributed by atoms with Gasteiger partial charge in [0.25, 0.3) is 0 Å². The van der Waals surface area contributed by atoms with Crippen molar-refractivity contribution in [3.8, 4) is 0 Å². The molecular formula is C16H24O3. The van der Waals surface area contributed by atoms with Crippen LogP contribution in [0.1, 0.15) is 40.0 Å². The van der Waals surface area contributed by atoms with E-state index in [1.807, 2.05) is 0 Å². The van der Waals surface area contributed by atoms with Crippen LogP contribution >= 0.6 is 0 Å². The van der Waals surface area contributed by atoms with E-state index >= 15 is 0 Å². The molecule has 0 aromatic carbocycles. The second-order valence-electron chi connectivity index (χ2n) is 8.27. The highest BCUT2D eigenvalue weighted by Gasteiger charge is 2.73. The molecule has 1 N–H and O–H groups in total. The van der Waals surface area contributed by atoms with E-state index in [9.17, 15) is 9.90 Å². The van der Waals surface area contributed by atoms with Crippen LogP contribution in [0.5, 0.6) is 0 Å². The van der Waals surface area contributed by atoms with Gasteiger partial charge in [-0.25, -0.2) is 0 Å². The number of carbonyl (C=O) groups excluding carboxylic acids is 1. The molecule has 0 bridgehead atoms. The second kappa shape index (κ2) is 3.43. The molecule has 0 aromatic rings. The first-order valence-corrected chi connectivity index (χ1v) is 7.69. The summed E-state index contributed by atoms with van der Waals surface area (Å²) in [6.07, 6.45) is 3.92. The highest BCUT2D eigenvalue weighted by atomic mass is 16.6. The van der Waals surface area contributed by atoms with E-state index < -0.39 is 6.29 Å². The molecule has 1 heterocycles. The first kappa shape index (κ1) is 12.3. The van der Waals surface area contributed by atoms with Crippen LogP contribution in [0.3, 0.4) is 0 Å². The zero-order valence-electron chi connectivity index (χ0n) is 12.0. The van der Waals surface area contributed by atoms with E-state index in [0.29, 0.717) is 23.2 Å². The van der Waals surface area contributed by atoms with Gasteiger partial charge >= 0.3 is 0 Å². The van der Waals surface area contributed by atoms with Crippen molar-refractivity contribution in [2.45, 2.75) is 52.4 Å². The molecule has 4 fully saturated rings. The fraction of sp³-hybridized carbons (Fsp3) is 0.938. The molecule has 8 atom stereocenters. The quantitative estimate of drug-likeness (QED) is 0.739. The smallest absolute Gasteiger partial charge is 0.158 e. The lowest BCUT2D eigenvalue weighted by Crippen LogP contribution is -2.36. The van der Waals surface area contributed by atoms with Gasteiger partial charge in [0.2, 0.25) is 0 Å². The first-order chi connectivity index (χ1) is 8.90. The minimum atomic E-state index is -0.635. The van der Waals surface area contributed by atoms with Crippen LogP contribution < -0.4 is 0 Å². The molecule has 106 valence electrons. The normalized spacial score (nSPS) is 61.2. The van der Waals surface area contributed by atoms with Gasteiger partial charge < -0.3 is 14.6 Å². The molecule has 0 aromatic heterocycles. The van der Waals surface area contributed by atoms with Crippen LogP contribution in [0.15, 0.2) is 0 Å². The maximum atomic E-state index is 11.5. The molecule has 0 amide bonds. The fourth-order valence-electron chi connectivity index (χ4n) is 6.56. The average molecular weight is 264 g/mol. The molecule has 0 spiro atoms. The van der Waals surface area contributed by atoms with E-state index in [1.54, 1.807) is 0 Å². The van der Waals surface area contributed by atoms with Crippen molar-refractivity contribution < 1.29 is 14.6 Å². The molecule has 3 nitrogen and oxygen atoms in total. The summed E-state index contributed by atoms with van der Waals surface area (Å²) in [4.78, 5) is 11.5. The number of fused-ring (bicyclic) bond motifs is 3. The van der Waals surface area contributed by atoms with E-state index in [4.69, 9.17) is 4.74 Å². The third-order valence-electron chi connectivity index (χ3n) is 7.05. The predicted octanol–water partition coefficient (Wildman–Crippen LogP) is 2.23. The van der Waals surface area contributed by atoms with Crippen LogP contribution in [0, 0.1) is 40.4 Å². The van der Waals surface area contributed by atoms with E-state index in [-0.39, 0.29) is 23.4 Å². The number of aliphatic hydroxyl groups is 1. The fourth-order valence-corrected chi connectivity index (χ4v) is 6.56. The molecule has 3 aliphatic carbocycles. The monoisotopic (exact) mass is 264 g/mol. The number of aldehydes is 1. The Labute approximate surface area is 114 Å². The minimum absolute atomic E-state index is 0.139. The molecule has 4 aliphatic rings. The van der Waals surface area contributed by atoms with Gasteiger partial charge in [0, 0.05) is 11.8 Å². The first-order valence-electron chi connectivity index (χ1n) is 7.69. The molecule has 19 heavy (non-hydrogen) atoms. The summed E-state index contributed by atoms with van der Waals surface area (Å²) in [7, 11) is 0. The van der Waals surface area contributed by atoms with Crippen molar-refractivity contribution >= 4 is 6.29 Å². The van der Waals surface area contributed by atoms with Crippen molar-refractivity contribution in [3.63, 3.8) is 0 Å². The number of aliphatic hydroxyl groups excluding tert-OH is 1. The Morgan fingerprint density at radius 1 is 1.21 bits per heavy atom. The van der Waals surface area contributed by atoms with Crippen molar-refractivity contribution in [1.82, 2.24) is 0 Å². The van der Waals surface area contributed by atoms with E-state index in [2.05, 4.69) is 20.8 Å². The van der Waals surface area contributed by atoms with Crippen LogP contribution in [0.4, 0.5) is 0 Å². The molecule has 3 heteroatoms. The average Bonchev–Trinajstić information content (AvgIpc) is 2.98. The Bertz CT molecular complexity index is 432. The Balaban J connectivity index is 1.83. The van der Waals surface area contributed by atoms with Crippen molar-refractivity contribution in [2.24, 2.45) is 40.4 Å². The van der Waals surface area contributed by atoms with E-state index in [0.717, 1.165) is 12.7 Å². The highest BCUT2D eigenvalue weighted by Crippen LogP contribution is 2.73. The Kier molecular flexibility index (Phi) is 2.23. The Hall–Kier alpha value is -0.410. The zero-order chi connectivity index (χ0) is 13.6. The lowest BCUT2D eigenvalue weighted by Gasteiger charge is -2.38. The molecule has 1 unspecified atom stereocenters. The van der Waals surface area contributed by atoms with Gasteiger partial charge in [-0.15, -0.1) is 0 Å². The van der Waals surface area contributed by atoms with Crippen LogP contribution in [-0.4, -0.2) is 23.8 Å². The summed E-state index contributed by atoms with van der Waals surface area (Å²) in [5.74, 6) is 1.76. The lowest BCUT2D eigenvalue weighted by molar-refractivity contribution is -0.138. The number of carbonyl (C=O) groups is 1. The van der Waals surface area contributed by atoms with Crippen molar-refractivity contribution in [2.75, 3.05) is 0 Å². The van der Waals surface area contributed by atoms with E-state index in [1.165, 1.54) is 12.8 Å². The Morgan fingerprint density at radius 3 is 2.63 bits per heavy atom. The van der Waals surface area contributed by atoms with Crippen LogP contribution in [-0.2, 0) is 9.53 Å². The summed E-state index contributed by atoms with van der Waals surface area (Å²) < 4.78 is 5.96.